The van der Waals surface area contributed by atoms with Crippen LogP contribution < -0.4 is 9.80 Å². The van der Waals surface area contributed by atoms with Crippen LogP contribution >= 0.6 is 23.1 Å². The van der Waals surface area contributed by atoms with E-state index in [2.05, 4.69) is 70.4 Å². The summed E-state index contributed by atoms with van der Waals surface area (Å²) in [6, 6.07) is 14.9. The number of aryl methyl sites for hydroxylation is 2. The fourth-order valence-electron chi connectivity index (χ4n) is 2.98. The third kappa shape index (κ3) is 6.04. The van der Waals surface area contributed by atoms with Crippen molar-refractivity contribution in [2.24, 2.45) is 0 Å². The van der Waals surface area contributed by atoms with Crippen molar-refractivity contribution in [2.45, 2.75) is 31.6 Å². The second-order valence-corrected chi connectivity index (χ2v) is 9.74. The first-order chi connectivity index (χ1) is 14.0. The number of nitrogens with zero attached hydrogens (tertiary/aromatic N) is 2. The van der Waals surface area contributed by atoms with Gasteiger partial charge in [-0.05, 0) is 43.2 Å². The predicted molar refractivity (Wildman–Crippen MR) is 126 cm³/mol. The second kappa shape index (κ2) is 10.2. The third-order valence-corrected chi connectivity index (χ3v) is 6.88. The van der Waals surface area contributed by atoms with Crippen molar-refractivity contribution in [1.29, 1.82) is 0 Å². The lowest BCUT2D eigenvalue weighted by Crippen LogP contribution is -3.06. The Morgan fingerprint density at radius 1 is 1.17 bits per heavy atom. The van der Waals surface area contributed by atoms with E-state index in [1.54, 1.807) is 23.1 Å². The van der Waals surface area contributed by atoms with Crippen molar-refractivity contribution < 1.29 is 9.69 Å². The zero-order chi connectivity index (χ0) is 20.8. The average molecular weight is 429 g/mol. The monoisotopic (exact) mass is 428 g/mol. The van der Waals surface area contributed by atoms with Crippen molar-refractivity contribution in [2.75, 3.05) is 37.8 Å². The van der Waals surface area contributed by atoms with Crippen molar-refractivity contribution in [3.8, 4) is 0 Å². The van der Waals surface area contributed by atoms with Gasteiger partial charge in [-0.15, -0.1) is 11.8 Å². The molecular weight excluding hydrogens is 398 g/mol. The Kier molecular flexibility index (Phi) is 7.70. The molecule has 0 aliphatic rings. The molecule has 3 aromatic rings. The molecule has 1 heterocycles. The topological polar surface area (TPSA) is 37.6 Å². The van der Waals surface area contributed by atoms with Crippen molar-refractivity contribution in [3.63, 3.8) is 0 Å². The predicted octanol–water partition coefficient (Wildman–Crippen LogP) is 3.83. The van der Waals surface area contributed by atoms with E-state index in [0.717, 1.165) is 34.1 Å². The largest absolute Gasteiger partial charge is 0.338 e. The van der Waals surface area contributed by atoms with Crippen molar-refractivity contribution in [3.05, 3.63) is 53.6 Å². The summed E-state index contributed by atoms with van der Waals surface area (Å²) in [5.74, 6) is 0.929. The van der Waals surface area contributed by atoms with Crippen LogP contribution in [-0.2, 0) is 11.2 Å². The van der Waals surface area contributed by atoms with Crippen LogP contribution in [0.1, 0.15) is 24.5 Å². The van der Waals surface area contributed by atoms with Crippen molar-refractivity contribution >= 4 is 44.4 Å². The normalized spacial score (nSPS) is 11.3. The number of hydrogen-bond acceptors (Lipinski definition) is 4. The summed E-state index contributed by atoms with van der Waals surface area (Å²) in [6.07, 6.45) is 1.52. The molecule has 0 saturated heterocycles. The van der Waals surface area contributed by atoms with Gasteiger partial charge in [-0.1, -0.05) is 42.0 Å². The minimum absolute atomic E-state index is 0.153. The summed E-state index contributed by atoms with van der Waals surface area (Å²) in [5, 5.41) is 0.819. The molecule has 1 aromatic heterocycles. The number of quaternary nitrogens is 1. The molecule has 6 heteroatoms. The number of fused-ring (bicyclic) bond motifs is 1. The van der Waals surface area contributed by atoms with Gasteiger partial charge in [0.25, 0.3) is 0 Å². The molecule has 0 unspecified atom stereocenters. The van der Waals surface area contributed by atoms with Gasteiger partial charge in [-0.2, -0.15) is 0 Å². The van der Waals surface area contributed by atoms with Gasteiger partial charge in [0.15, 0.2) is 5.13 Å². The Balaban J connectivity index is 1.71. The van der Waals surface area contributed by atoms with Crippen LogP contribution in [0, 0.1) is 6.92 Å². The van der Waals surface area contributed by atoms with Crippen LogP contribution in [0.4, 0.5) is 5.13 Å². The van der Waals surface area contributed by atoms with Gasteiger partial charge in [0, 0.05) is 17.1 Å². The quantitative estimate of drug-likeness (QED) is 0.527. The smallest absolute Gasteiger partial charge is 0.229 e. The molecule has 0 fully saturated rings. The first-order valence-corrected chi connectivity index (χ1v) is 11.9. The summed E-state index contributed by atoms with van der Waals surface area (Å²) >= 11 is 3.36. The molecule has 3 rings (SSSR count). The van der Waals surface area contributed by atoms with Crippen LogP contribution in [0.25, 0.3) is 10.2 Å². The van der Waals surface area contributed by atoms with E-state index in [9.17, 15) is 4.79 Å². The molecule has 1 N–H and O–H groups in total. The summed E-state index contributed by atoms with van der Waals surface area (Å²) in [5.41, 5.74) is 3.54. The number of nitrogens with one attached hydrogen (secondary N) is 1. The van der Waals surface area contributed by atoms with Crippen LogP contribution in [0.15, 0.2) is 47.4 Å². The number of carbonyl (C=O) groups is 1. The van der Waals surface area contributed by atoms with E-state index in [0.29, 0.717) is 13.0 Å². The summed E-state index contributed by atoms with van der Waals surface area (Å²) in [6.45, 7) is 5.83. The molecule has 0 spiro atoms. The standard InChI is InChI=1S/C23H29N3OS2/c1-5-18-8-11-20-21(16-18)29-23(24-20)26(14-13-25(3)4)22(27)12-15-28-19-9-6-17(2)7-10-19/h6-11,16H,5,12-15H2,1-4H3/p+1. The van der Waals surface area contributed by atoms with E-state index in [4.69, 9.17) is 4.98 Å². The minimum atomic E-state index is 0.153. The number of thiazole rings is 1. The van der Waals surface area contributed by atoms with Crippen LogP contribution in [-0.4, -0.2) is 43.8 Å². The molecule has 0 aliphatic carbocycles. The van der Waals surface area contributed by atoms with Crippen molar-refractivity contribution in [1.82, 2.24) is 4.98 Å². The molecule has 0 atom stereocenters. The van der Waals surface area contributed by atoms with E-state index in [1.807, 2.05) is 4.90 Å². The summed E-state index contributed by atoms with van der Waals surface area (Å²) in [7, 11) is 4.23. The maximum atomic E-state index is 13.1. The van der Waals surface area contributed by atoms with Gasteiger partial charge < -0.3 is 4.90 Å². The second-order valence-electron chi connectivity index (χ2n) is 7.57. The van der Waals surface area contributed by atoms with Gasteiger partial charge in [0.05, 0.1) is 37.4 Å². The van der Waals surface area contributed by atoms with Gasteiger partial charge >= 0.3 is 0 Å². The highest BCUT2D eigenvalue weighted by Gasteiger charge is 2.20. The third-order valence-electron chi connectivity index (χ3n) is 4.82. The number of anilines is 1. The van der Waals surface area contributed by atoms with E-state index in [-0.39, 0.29) is 5.91 Å². The SMILES string of the molecule is CCc1ccc2nc(N(CC[NH+](C)C)C(=O)CCSc3ccc(C)cc3)sc2c1. The fourth-order valence-corrected chi connectivity index (χ4v) is 4.89. The summed E-state index contributed by atoms with van der Waals surface area (Å²) < 4.78 is 1.16. The van der Waals surface area contributed by atoms with E-state index in [1.165, 1.54) is 20.9 Å². The zero-order valence-electron chi connectivity index (χ0n) is 17.7. The molecule has 0 aliphatic heterocycles. The van der Waals surface area contributed by atoms with Crippen LogP contribution in [0.2, 0.25) is 0 Å². The average Bonchev–Trinajstić information content (AvgIpc) is 3.12. The lowest BCUT2D eigenvalue weighted by Gasteiger charge is -2.20. The maximum Gasteiger partial charge on any atom is 0.229 e. The Morgan fingerprint density at radius 3 is 2.62 bits per heavy atom. The lowest BCUT2D eigenvalue weighted by atomic mass is 10.2. The number of benzene rings is 2. The molecule has 2 aromatic carbocycles. The highest BCUT2D eigenvalue weighted by molar-refractivity contribution is 7.99. The van der Waals surface area contributed by atoms with E-state index >= 15 is 0 Å². The van der Waals surface area contributed by atoms with Crippen LogP contribution in [0.3, 0.4) is 0 Å². The fraction of sp³-hybridized carbons (Fsp3) is 0.391. The molecule has 0 saturated carbocycles. The molecule has 1 amide bonds. The molecule has 0 radical (unpaired) electrons. The Bertz CT molecular complexity index is 950. The number of hydrogen-bond donors (Lipinski definition) is 1. The number of rotatable bonds is 9. The minimum Gasteiger partial charge on any atom is -0.338 e. The molecule has 0 bridgehead atoms. The van der Waals surface area contributed by atoms with Crippen LogP contribution in [0.5, 0.6) is 0 Å². The van der Waals surface area contributed by atoms with Gasteiger partial charge in [0.2, 0.25) is 5.91 Å². The van der Waals surface area contributed by atoms with E-state index < -0.39 is 0 Å². The first kappa shape index (κ1) is 21.8. The number of thioether (sulfide) groups is 1. The highest BCUT2D eigenvalue weighted by Crippen LogP contribution is 2.30. The molecule has 154 valence electrons. The number of amides is 1. The number of likely N-dealkylation sites (N-methyl/N-ethyl adjacent to an activating group) is 1. The number of aromatic nitrogens is 1. The zero-order valence-corrected chi connectivity index (χ0v) is 19.3. The van der Waals surface area contributed by atoms with Gasteiger partial charge in [-0.25, -0.2) is 4.98 Å². The maximum absolute atomic E-state index is 13.1. The van der Waals surface area contributed by atoms with Gasteiger partial charge in [0.1, 0.15) is 0 Å². The first-order valence-electron chi connectivity index (χ1n) is 10.1. The Morgan fingerprint density at radius 2 is 1.93 bits per heavy atom. The molecule has 29 heavy (non-hydrogen) atoms. The summed E-state index contributed by atoms with van der Waals surface area (Å²) in [4.78, 5) is 22.3. The Labute approximate surface area is 181 Å². The molecular formula is C23H30N3OS2+. The van der Waals surface area contributed by atoms with Gasteiger partial charge in [-0.3, -0.25) is 9.69 Å². The highest BCUT2D eigenvalue weighted by atomic mass is 32.2. The Hall–Kier alpha value is -1.89. The lowest BCUT2D eigenvalue weighted by molar-refractivity contribution is -0.856. The molecule has 4 nitrogen and oxygen atoms in total. The number of carbonyl (C=O) groups excluding carboxylic acids is 1.